The SMILES string of the molecule is C#Cc1ccc(NC2CC(=O)N(CCOC)C2)cc1Cl. The molecule has 4 nitrogen and oxygen atoms in total. The van der Waals surface area contributed by atoms with Crippen LogP contribution in [-0.2, 0) is 9.53 Å². The molecule has 5 heteroatoms. The van der Waals surface area contributed by atoms with Crippen molar-refractivity contribution >= 4 is 23.2 Å². The molecule has 0 saturated carbocycles. The van der Waals surface area contributed by atoms with E-state index < -0.39 is 0 Å². The number of likely N-dealkylation sites (tertiary alicyclic amines) is 1. The lowest BCUT2D eigenvalue weighted by Crippen LogP contribution is -2.30. The highest BCUT2D eigenvalue weighted by atomic mass is 35.5. The molecule has 1 aromatic rings. The van der Waals surface area contributed by atoms with Crippen LogP contribution in [0.3, 0.4) is 0 Å². The molecule has 0 aromatic heterocycles. The van der Waals surface area contributed by atoms with Crippen molar-refractivity contribution in [1.82, 2.24) is 4.90 Å². The zero-order valence-electron chi connectivity index (χ0n) is 11.4. The summed E-state index contributed by atoms with van der Waals surface area (Å²) in [6.07, 6.45) is 5.81. The Balaban J connectivity index is 1.96. The highest BCUT2D eigenvalue weighted by molar-refractivity contribution is 6.32. The molecule has 0 bridgehead atoms. The molecule has 20 heavy (non-hydrogen) atoms. The molecule has 1 heterocycles. The molecule has 0 spiro atoms. The summed E-state index contributed by atoms with van der Waals surface area (Å²) in [5, 5.41) is 3.85. The number of hydrogen-bond acceptors (Lipinski definition) is 3. The van der Waals surface area contributed by atoms with Gasteiger partial charge in [0.25, 0.3) is 0 Å². The van der Waals surface area contributed by atoms with Gasteiger partial charge in [0.15, 0.2) is 0 Å². The number of anilines is 1. The topological polar surface area (TPSA) is 41.6 Å². The van der Waals surface area contributed by atoms with Crippen LogP contribution in [0.25, 0.3) is 0 Å². The van der Waals surface area contributed by atoms with E-state index in [0.717, 1.165) is 5.69 Å². The molecular weight excluding hydrogens is 276 g/mol. The number of terminal acetylenes is 1. The maximum absolute atomic E-state index is 11.8. The third-order valence-corrected chi connectivity index (χ3v) is 3.59. The first-order valence-electron chi connectivity index (χ1n) is 6.43. The van der Waals surface area contributed by atoms with Gasteiger partial charge in [-0.3, -0.25) is 4.79 Å². The normalized spacial score (nSPS) is 18.1. The Morgan fingerprint density at radius 1 is 1.60 bits per heavy atom. The third kappa shape index (κ3) is 3.44. The van der Waals surface area contributed by atoms with Crippen LogP contribution < -0.4 is 5.32 Å². The lowest BCUT2D eigenvalue weighted by atomic mass is 10.2. The van der Waals surface area contributed by atoms with E-state index in [1.807, 2.05) is 6.07 Å². The van der Waals surface area contributed by atoms with Gasteiger partial charge in [-0.15, -0.1) is 6.42 Å². The fourth-order valence-corrected chi connectivity index (χ4v) is 2.48. The fraction of sp³-hybridized carbons (Fsp3) is 0.400. The van der Waals surface area contributed by atoms with Crippen molar-refractivity contribution in [2.45, 2.75) is 12.5 Å². The second kappa shape index (κ2) is 6.65. The molecule has 1 aliphatic rings. The fourth-order valence-electron chi connectivity index (χ4n) is 2.24. The summed E-state index contributed by atoms with van der Waals surface area (Å²) >= 11 is 6.06. The first kappa shape index (κ1) is 14.7. The van der Waals surface area contributed by atoms with Crippen molar-refractivity contribution in [1.29, 1.82) is 0 Å². The molecule has 1 aromatic carbocycles. The number of carbonyl (C=O) groups excluding carboxylic acids is 1. The number of ether oxygens (including phenoxy) is 1. The zero-order chi connectivity index (χ0) is 14.5. The third-order valence-electron chi connectivity index (χ3n) is 3.28. The second-order valence-corrected chi connectivity index (χ2v) is 5.12. The van der Waals surface area contributed by atoms with E-state index in [1.165, 1.54) is 0 Å². The summed E-state index contributed by atoms with van der Waals surface area (Å²) in [5.41, 5.74) is 1.54. The maximum Gasteiger partial charge on any atom is 0.224 e. The number of benzene rings is 1. The van der Waals surface area contributed by atoms with Gasteiger partial charge in [0.2, 0.25) is 5.91 Å². The van der Waals surface area contributed by atoms with E-state index in [4.69, 9.17) is 22.8 Å². The van der Waals surface area contributed by atoms with E-state index >= 15 is 0 Å². The number of halogens is 1. The van der Waals surface area contributed by atoms with Gasteiger partial charge in [0.1, 0.15) is 0 Å². The van der Waals surface area contributed by atoms with Crippen LogP contribution in [0, 0.1) is 12.3 Å². The Morgan fingerprint density at radius 3 is 3.05 bits per heavy atom. The van der Waals surface area contributed by atoms with E-state index in [-0.39, 0.29) is 11.9 Å². The summed E-state index contributed by atoms with van der Waals surface area (Å²) in [6, 6.07) is 5.55. The van der Waals surface area contributed by atoms with Crippen molar-refractivity contribution in [3.8, 4) is 12.3 Å². The van der Waals surface area contributed by atoms with Crippen molar-refractivity contribution in [3.05, 3.63) is 28.8 Å². The molecule has 1 fully saturated rings. The van der Waals surface area contributed by atoms with Crippen LogP contribution in [0.4, 0.5) is 5.69 Å². The lowest BCUT2D eigenvalue weighted by molar-refractivity contribution is -0.128. The highest BCUT2D eigenvalue weighted by Gasteiger charge is 2.29. The molecule has 0 aliphatic carbocycles. The monoisotopic (exact) mass is 292 g/mol. The second-order valence-electron chi connectivity index (χ2n) is 4.72. The average molecular weight is 293 g/mol. The number of nitrogens with one attached hydrogen (secondary N) is 1. The molecule has 1 saturated heterocycles. The minimum Gasteiger partial charge on any atom is -0.383 e. The molecule has 1 atom stereocenters. The van der Waals surface area contributed by atoms with E-state index in [1.54, 1.807) is 24.1 Å². The first-order chi connectivity index (χ1) is 9.63. The number of hydrogen-bond donors (Lipinski definition) is 1. The van der Waals surface area contributed by atoms with Gasteiger partial charge in [0, 0.05) is 37.9 Å². The van der Waals surface area contributed by atoms with Crippen LogP contribution in [0.1, 0.15) is 12.0 Å². The van der Waals surface area contributed by atoms with Crippen LogP contribution in [-0.4, -0.2) is 43.7 Å². The van der Waals surface area contributed by atoms with E-state index in [0.29, 0.717) is 36.7 Å². The number of methoxy groups -OCH3 is 1. The van der Waals surface area contributed by atoms with Gasteiger partial charge in [-0.1, -0.05) is 17.5 Å². The summed E-state index contributed by atoms with van der Waals surface area (Å²) in [7, 11) is 1.63. The van der Waals surface area contributed by atoms with Crippen LogP contribution in [0.5, 0.6) is 0 Å². The minimum atomic E-state index is 0.0899. The summed E-state index contributed by atoms with van der Waals surface area (Å²) in [5.74, 6) is 2.66. The Morgan fingerprint density at radius 2 is 2.40 bits per heavy atom. The van der Waals surface area contributed by atoms with Crippen molar-refractivity contribution in [3.63, 3.8) is 0 Å². The Kier molecular flexibility index (Phi) is 4.89. The Hall–Kier alpha value is -1.70. The van der Waals surface area contributed by atoms with E-state index in [2.05, 4.69) is 11.2 Å². The summed E-state index contributed by atoms with van der Waals surface area (Å²) < 4.78 is 5.00. The van der Waals surface area contributed by atoms with Gasteiger partial charge in [0.05, 0.1) is 17.7 Å². The van der Waals surface area contributed by atoms with Gasteiger partial charge in [-0.2, -0.15) is 0 Å². The van der Waals surface area contributed by atoms with Crippen molar-refractivity contribution < 1.29 is 9.53 Å². The minimum absolute atomic E-state index is 0.0899. The zero-order valence-corrected chi connectivity index (χ0v) is 12.1. The van der Waals surface area contributed by atoms with Crippen LogP contribution in [0.2, 0.25) is 5.02 Å². The van der Waals surface area contributed by atoms with Gasteiger partial charge in [-0.25, -0.2) is 0 Å². The summed E-state index contributed by atoms with van der Waals surface area (Å²) in [4.78, 5) is 13.6. The molecule has 106 valence electrons. The van der Waals surface area contributed by atoms with E-state index in [9.17, 15) is 4.79 Å². The number of amides is 1. The maximum atomic E-state index is 11.8. The standard InChI is InChI=1S/C15H17ClN2O2/c1-3-11-4-5-12(8-14(11)16)17-13-9-15(19)18(10-13)6-7-20-2/h1,4-5,8,13,17H,6-7,9-10H2,2H3. The molecular formula is C15H17ClN2O2. The number of rotatable bonds is 5. The molecule has 1 unspecified atom stereocenters. The Bertz CT molecular complexity index is 539. The van der Waals surface area contributed by atoms with Crippen LogP contribution in [0.15, 0.2) is 18.2 Å². The predicted molar refractivity (Wildman–Crippen MR) is 79.9 cm³/mol. The molecule has 2 rings (SSSR count). The van der Waals surface area contributed by atoms with Crippen molar-refractivity contribution in [2.75, 3.05) is 32.1 Å². The predicted octanol–water partition coefficient (Wildman–Crippen LogP) is 1.98. The smallest absolute Gasteiger partial charge is 0.224 e. The Labute approximate surface area is 124 Å². The largest absolute Gasteiger partial charge is 0.383 e. The number of nitrogens with zero attached hydrogens (tertiary/aromatic N) is 1. The lowest BCUT2D eigenvalue weighted by Gasteiger charge is -2.17. The van der Waals surface area contributed by atoms with Gasteiger partial charge >= 0.3 is 0 Å². The molecule has 0 radical (unpaired) electrons. The van der Waals surface area contributed by atoms with Crippen molar-refractivity contribution in [2.24, 2.45) is 0 Å². The molecule has 1 N–H and O–H groups in total. The van der Waals surface area contributed by atoms with Crippen LogP contribution >= 0.6 is 11.6 Å². The number of carbonyl (C=O) groups is 1. The van der Waals surface area contributed by atoms with Gasteiger partial charge < -0.3 is 15.0 Å². The van der Waals surface area contributed by atoms with Gasteiger partial charge in [-0.05, 0) is 18.2 Å². The molecule has 1 amide bonds. The quantitative estimate of drug-likeness (QED) is 0.844. The summed E-state index contributed by atoms with van der Waals surface area (Å²) in [6.45, 7) is 1.86. The first-order valence-corrected chi connectivity index (χ1v) is 6.81. The highest BCUT2D eigenvalue weighted by Crippen LogP contribution is 2.22. The average Bonchev–Trinajstić information content (AvgIpc) is 2.76. The molecule has 1 aliphatic heterocycles.